The van der Waals surface area contributed by atoms with Gasteiger partial charge in [0.25, 0.3) is 0 Å². The first-order chi connectivity index (χ1) is 13.2. The van der Waals surface area contributed by atoms with E-state index in [9.17, 15) is 4.21 Å². The molecule has 5 heteroatoms. The van der Waals surface area contributed by atoms with Gasteiger partial charge in [0.2, 0.25) is 0 Å². The van der Waals surface area contributed by atoms with Crippen molar-refractivity contribution in [3.05, 3.63) is 89.9 Å². The van der Waals surface area contributed by atoms with Crippen molar-refractivity contribution in [2.75, 3.05) is 4.72 Å². The van der Waals surface area contributed by atoms with E-state index in [0.717, 1.165) is 26.7 Å². The first kappa shape index (κ1) is 17.6. The molecule has 0 fully saturated rings. The third-order valence-corrected chi connectivity index (χ3v) is 6.22. The SMILES string of the molecule is Cc1ccc(-c2nccs2)cc1-c1ccc(NS(=O)c2ccccc2)cc1. The van der Waals surface area contributed by atoms with Crippen LogP contribution in [0.1, 0.15) is 5.56 Å². The number of benzene rings is 3. The second-order valence-corrected chi connectivity index (χ2v) is 8.24. The van der Waals surface area contributed by atoms with Crippen LogP contribution in [-0.2, 0) is 11.0 Å². The van der Waals surface area contributed by atoms with Gasteiger partial charge in [0.15, 0.2) is 0 Å². The summed E-state index contributed by atoms with van der Waals surface area (Å²) in [6.45, 7) is 2.11. The quantitative estimate of drug-likeness (QED) is 0.459. The molecule has 4 rings (SSSR count). The number of aromatic nitrogens is 1. The Morgan fingerprint density at radius 1 is 0.926 bits per heavy atom. The van der Waals surface area contributed by atoms with Crippen molar-refractivity contribution in [2.45, 2.75) is 11.8 Å². The van der Waals surface area contributed by atoms with E-state index in [-0.39, 0.29) is 0 Å². The van der Waals surface area contributed by atoms with Gasteiger partial charge >= 0.3 is 0 Å². The fourth-order valence-electron chi connectivity index (χ4n) is 2.86. The van der Waals surface area contributed by atoms with Crippen molar-refractivity contribution in [3.63, 3.8) is 0 Å². The van der Waals surface area contributed by atoms with Crippen molar-refractivity contribution < 1.29 is 4.21 Å². The van der Waals surface area contributed by atoms with E-state index in [2.05, 4.69) is 47.0 Å². The highest BCUT2D eigenvalue weighted by Gasteiger charge is 2.08. The fourth-order valence-corrected chi connectivity index (χ4v) is 4.37. The lowest BCUT2D eigenvalue weighted by Gasteiger charge is -2.10. The van der Waals surface area contributed by atoms with Crippen molar-refractivity contribution >= 4 is 28.0 Å². The molecule has 0 aliphatic rings. The molecule has 4 aromatic rings. The van der Waals surface area contributed by atoms with Gasteiger partial charge in [-0.05, 0) is 53.9 Å². The maximum absolute atomic E-state index is 12.4. The topological polar surface area (TPSA) is 42.0 Å². The van der Waals surface area contributed by atoms with E-state index in [1.54, 1.807) is 11.3 Å². The zero-order chi connectivity index (χ0) is 18.6. The van der Waals surface area contributed by atoms with E-state index < -0.39 is 11.0 Å². The van der Waals surface area contributed by atoms with Crippen molar-refractivity contribution in [2.24, 2.45) is 0 Å². The maximum atomic E-state index is 12.4. The van der Waals surface area contributed by atoms with Crippen LogP contribution in [0.5, 0.6) is 0 Å². The summed E-state index contributed by atoms with van der Waals surface area (Å²) in [4.78, 5) is 5.16. The van der Waals surface area contributed by atoms with Crippen molar-refractivity contribution in [1.82, 2.24) is 4.98 Å². The molecule has 3 aromatic carbocycles. The summed E-state index contributed by atoms with van der Waals surface area (Å²) in [5.74, 6) is 0. The van der Waals surface area contributed by atoms with Crippen LogP contribution < -0.4 is 4.72 Å². The lowest BCUT2D eigenvalue weighted by molar-refractivity contribution is 0.686. The monoisotopic (exact) mass is 390 g/mol. The van der Waals surface area contributed by atoms with Crippen LogP contribution >= 0.6 is 11.3 Å². The minimum absolute atomic E-state index is 0.758. The average Bonchev–Trinajstić information content (AvgIpc) is 3.25. The Bertz CT molecular complexity index is 1060. The zero-order valence-corrected chi connectivity index (χ0v) is 16.4. The van der Waals surface area contributed by atoms with Crippen LogP contribution in [0, 0.1) is 6.92 Å². The molecule has 134 valence electrons. The summed E-state index contributed by atoms with van der Waals surface area (Å²) in [6, 6.07) is 23.8. The Morgan fingerprint density at radius 3 is 2.37 bits per heavy atom. The van der Waals surface area contributed by atoms with Gasteiger partial charge in [0.05, 0.1) is 4.90 Å². The van der Waals surface area contributed by atoms with Gasteiger partial charge in [0.1, 0.15) is 16.0 Å². The van der Waals surface area contributed by atoms with Crippen LogP contribution in [0.25, 0.3) is 21.7 Å². The summed E-state index contributed by atoms with van der Waals surface area (Å²) in [5.41, 5.74) is 5.47. The molecule has 0 amide bonds. The van der Waals surface area contributed by atoms with Crippen molar-refractivity contribution in [3.8, 4) is 21.7 Å². The van der Waals surface area contributed by atoms with E-state index in [1.165, 1.54) is 11.1 Å². The Morgan fingerprint density at radius 2 is 1.67 bits per heavy atom. The van der Waals surface area contributed by atoms with E-state index >= 15 is 0 Å². The molecule has 0 saturated heterocycles. The van der Waals surface area contributed by atoms with Crippen LogP contribution in [0.3, 0.4) is 0 Å². The molecule has 0 spiro atoms. The molecule has 0 aliphatic heterocycles. The fraction of sp³-hybridized carbons (Fsp3) is 0.0455. The Labute approximate surface area is 165 Å². The average molecular weight is 391 g/mol. The molecule has 3 nitrogen and oxygen atoms in total. The first-order valence-electron chi connectivity index (χ1n) is 8.55. The molecule has 0 bridgehead atoms. The van der Waals surface area contributed by atoms with E-state index in [0.29, 0.717) is 0 Å². The second-order valence-electron chi connectivity index (χ2n) is 6.13. The molecule has 1 N–H and O–H groups in total. The number of anilines is 1. The highest BCUT2D eigenvalue weighted by molar-refractivity contribution is 7.86. The van der Waals surface area contributed by atoms with Gasteiger partial charge in [-0.2, -0.15) is 0 Å². The highest BCUT2D eigenvalue weighted by atomic mass is 32.2. The minimum Gasteiger partial charge on any atom is -0.301 e. The molecule has 1 aromatic heterocycles. The first-order valence-corrected chi connectivity index (χ1v) is 10.6. The summed E-state index contributed by atoms with van der Waals surface area (Å²) in [7, 11) is -1.27. The number of aryl methyl sites for hydroxylation is 1. The highest BCUT2D eigenvalue weighted by Crippen LogP contribution is 2.31. The molecule has 1 atom stereocenters. The normalized spacial score (nSPS) is 11.9. The number of nitrogens with zero attached hydrogens (tertiary/aromatic N) is 1. The largest absolute Gasteiger partial charge is 0.301 e. The van der Waals surface area contributed by atoms with E-state index in [4.69, 9.17) is 0 Å². The number of hydrogen-bond donors (Lipinski definition) is 1. The minimum atomic E-state index is -1.27. The second kappa shape index (κ2) is 7.86. The van der Waals surface area contributed by atoms with E-state index in [1.807, 2.05) is 54.0 Å². The standard InChI is InChI=1S/C22H18N2OS2/c1-16-7-8-18(22-23-13-14-26-22)15-21(16)17-9-11-19(12-10-17)24-27(25)20-5-3-2-4-6-20/h2-15,24H,1H3. The zero-order valence-electron chi connectivity index (χ0n) is 14.8. The maximum Gasteiger partial charge on any atom is 0.150 e. The smallest absolute Gasteiger partial charge is 0.150 e. The van der Waals surface area contributed by atoms with Gasteiger partial charge in [-0.15, -0.1) is 11.3 Å². The molecule has 27 heavy (non-hydrogen) atoms. The molecule has 0 saturated carbocycles. The van der Waals surface area contributed by atoms with Gasteiger partial charge in [-0.25, -0.2) is 9.19 Å². The van der Waals surface area contributed by atoms with Gasteiger partial charge in [0, 0.05) is 22.8 Å². The summed E-state index contributed by atoms with van der Waals surface area (Å²) >= 11 is 1.64. The molecular formula is C22H18N2OS2. The Balaban J connectivity index is 1.57. The van der Waals surface area contributed by atoms with Gasteiger partial charge in [-0.1, -0.05) is 42.5 Å². The van der Waals surface area contributed by atoms with Crippen LogP contribution in [0.4, 0.5) is 5.69 Å². The Kier molecular flexibility index (Phi) is 5.14. The molecule has 1 heterocycles. The predicted octanol–water partition coefficient (Wildman–Crippen LogP) is 5.92. The molecule has 1 unspecified atom stereocenters. The third kappa shape index (κ3) is 3.99. The van der Waals surface area contributed by atoms with Crippen LogP contribution in [-0.4, -0.2) is 9.19 Å². The van der Waals surface area contributed by atoms with Crippen LogP contribution in [0.15, 0.2) is 89.3 Å². The predicted molar refractivity (Wildman–Crippen MR) is 114 cm³/mol. The number of rotatable bonds is 5. The van der Waals surface area contributed by atoms with Crippen LogP contribution in [0.2, 0.25) is 0 Å². The third-order valence-electron chi connectivity index (χ3n) is 4.28. The number of nitrogens with one attached hydrogen (secondary N) is 1. The Hall–Kier alpha value is -2.76. The summed E-state index contributed by atoms with van der Waals surface area (Å²) in [6.07, 6.45) is 1.83. The lowest BCUT2D eigenvalue weighted by Crippen LogP contribution is -2.04. The number of thiazole rings is 1. The van der Waals surface area contributed by atoms with Crippen molar-refractivity contribution in [1.29, 1.82) is 0 Å². The van der Waals surface area contributed by atoms with Gasteiger partial charge < -0.3 is 4.72 Å². The summed E-state index contributed by atoms with van der Waals surface area (Å²) in [5, 5.41) is 3.01. The molecular weight excluding hydrogens is 372 g/mol. The molecule has 0 radical (unpaired) electrons. The molecule has 0 aliphatic carbocycles. The summed E-state index contributed by atoms with van der Waals surface area (Å²) < 4.78 is 15.4. The lowest BCUT2D eigenvalue weighted by atomic mass is 9.98. The number of hydrogen-bond acceptors (Lipinski definition) is 3. The van der Waals surface area contributed by atoms with Gasteiger partial charge in [-0.3, -0.25) is 0 Å².